The molecule has 88 valence electrons. The molecule has 2 heteroatoms. The molecule has 3 rings (SSSR count). The molecule has 0 radical (unpaired) electrons. The van der Waals surface area contributed by atoms with Gasteiger partial charge in [-0.3, -0.25) is 0 Å². The van der Waals surface area contributed by atoms with E-state index in [0.29, 0.717) is 5.92 Å². The first-order valence-corrected chi connectivity index (χ1v) is 6.21. The van der Waals surface area contributed by atoms with Crippen molar-refractivity contribution in [2.75, 3.05) is 0 Å². The molecule has 2 nitrogen and oxygen atoms in total. The lowest BCUT2D eigenvalue weighted by atomic mass is 10.1. The summed E-state index contributed by atoms with van der Waals surface area (Å²) in [5, 5.41) is 0. The lowest BCUT2D eigenvalue weighted by molar-refractivity contribution is 0.479. The largest absolute Gasteiger partial charge is 0.455 e. The molecular weight excluding hydrogens is 210 g/mol. The topological polar surface area (TPSA) is 25.0 Å². The van der Waals surface area contributed by atoms with Gasteiger partial charge in [-0.05, 0) is 30.4 Å². The zero-order chi connectivity index (χ0) is 11.8. The number of aromatic amines is 1. The molecule has 1 aliphatic rings. The van der Waals surface area contributed by atoms with Crippen LogP contribution >= 0.6 is 0 Å². The standard InChI is InChI=1S/C15H17NO/c1-10(2)13-9-15-12(16-13)8-7-11-5-3-4-6-14(11)17-15/h3-6,9-10,16H,7-8H2,1-2H3. The Kier molecular flexibility index (Phi) is 2.43. The van der Waals surface area contributed by atoms with Crippen LogP contribution in [-0.2, 0) is 12.8 Å². The second-order valence-corrected chi connectivity index (χ2v) is 4.93. The van der Waals surface area contributed by atoms with Crippen LogP contribution in [0.2, 0.25) is 0 Å². The molecule has 1 aromatic carbocycles. The molecule has 0 fully saturated rings. The molecule has 1 aromatic heterocycles. The van der Waals surface area contributed by atoms with Crippen LogP contribution in [0.15, 0.2) is 30.3 Å². The summed E-state index contributed by atoms with van der Waals surface area (Å²) in [7, 11) is 0. The SMILES string of the molecule is CC(C)c1cc2c([nH]1)CCc1ccccc1O2. The maximum absolute atomic E-state index is 6.00. The van der Waals surface area contributed by atoms with Crippen LogP contribution in [0.4, 0.5) is 0 Å². The Morgan fingerprint density at radius 2 is 1.94 bits per heavy atom. The highest BCUT2D eigenvalue weighted by atomic mass is 16.5. The third-order valence-electron chi connectivity index (χ3n) is 3.34. The molecule has 2 aromatic rings. The van der Waals surface area contributed by atoms with Crippen molar-refractivity contribution in [3.05, 3.63) is 47.3 Å². The average Bonchev–Trinajstić information content (AvgIpc) is 2.64. The number of aryl methyl sites for hydroxylation is 2. The van der Waals surface area contributed by atoms with Gasteiger partial charge in [0, 0.05) is 11.8 Å². The molecule has 1 N–H and O–H groups in total. The van der Waals surface area contributed by atoms with Gasteiger partial charge in [-0.25, -0.2) is 0 Å². The quantitative estimate of drug-likeness (QED) is 0.781. The number of fused-ring (bicyclic) bond motifs is 2. The molecule has 0 saturated carbocycles. The normalized spacial score (nSPS) is 13.8. The number of para-hydroxylation sites is 1. The summed E-state index contributed by atoms with van der Waals surface area (Å²) in [6.45, 7) is 4.39. The predicted octanol–water partition coefficient (Wildman–Crippen LogP) is 4.03. The Labute approximate surface area is 102 Å². The smallest absolute Gasteiger partial charge is 0.148 e. The van der Waals surface area contributed by atoms with Crippen LogP contribution in [0, 0.1) is 0 Å². The third-order valence-corrected chi connectivity index (χ3v) is 3.34. The van der Waals surface area contributed by atoms with E-state index in [2.05, 4.69) is 37.0 Å². The summed E-state index contributed by atoms with van der Waals surface area (Å²) < 4.78 is 6.00. The van der Waals surface area contributed by atoms with Gasteiger partial charge >= 0.3 is 0 Å². The fourth-order valence-corrected chi connectivity index (χ4v) is 2.28. The fourth-order valence-electron chi connectivity index (χ4n) is 2.28. The minimum atomic E-state index is 0.515. The Morgan fingerprint density at radius 1 is 1.12 bits per heavy atom. The highest BCUT2D eigenvalue weighted by molar-refractivity contribution is 5.44. The summed E-state index contributed by atoms with van der Waals surface area (Å²) >= 11 is 0. The van der Waals surface area contributed by atoms with Crippen LogP contribution < -0.4 is 4.74 Å². The highest BCUT2D eigenvalue weighted by Gasteiger charge is 2.17. The van der Waals surface area contributed by atoms with E-state index >= 15 is 0 Å². The minimum Gasteiger partial charge on any atom is -0.455 e. The molecule has 0 atom stereocenters. The molecule has 0 bridgehead atoms. The van der Waals surface area contributed by atoms with E-state index in [9.17, 15) is 0 Å². The van der Waals surface area contributed by atoms with Crippen molar-refractivity contribution in [3.8, 4) is 11.5 Å². The van der Waals surface area contributed by atoms with E-state index in [4.69, 9.17) is 4.74 Å². The lowest BCUT2D eigenvalue weighted by Gasteiger charge is -2.05. The highest BCUT2D eigenvalue weighted by Crippen LogP contribution is 2.35. The van der Waals surface area contributed by atoms with E-state index in [1.165, 1.54) is 17.0 Å². The molecule has 0 aliphatic carbocycles. The first-order chi connectivity index (χ1) is 8.24. The van der Waals surface area contributed by atoms with Crippen molar-refractivity contribution in [3.63, 3.8) is 0 Å². The van der Waals surface area contributed by atoms with Gasteiger partial charge in [0.2, 0.25) is 0 Å². The van der Waals surface area contributed by atoms with Crippen molar-refractivity contribution < 1.29 is 4.74 Å². The van der Waals surface area contributed by atoms with Crippen LogP contribution in [0.25, 0.3) is 0 Å². The monoisotopic (exact) mass is 227 g/mol. The van der Waals surface area contributed by atoms with Gasteiger partial charge in [-0.15, -0.1) is 0 Å². The van der Waals surface area contributed by atoms with Crippen molar-refractivity contribution in [2.24, 2.45) is 0 Å². The maximum atomic E-state index is 6.00. The van der Waals surface area contributed by atoms with Gasteiger partial charge in [-0.2, -0.15) is 0 Å². The van der Waals surface area contributed by atoms with Crippen LogP contribution in [0.5, 0.6) is 11.5 Å². The summed E-state index contributed by atoms with van der Waals surface area (Å²) in [4.78, 5) is 3.48. The van der Waals surface area contributed by atoms with Gasteiger partial charge < -0.3 is 9.72 Å². The Bertz CT molecular complexity index is 540. The number of H-pyrrole nitrogens is 1. The summed E-state index contributed by atoms with van der Waals surface area (Å²) in [5.41, 5.74) is 3.78. The summed E-state index contributed by atoms with van der Waals surface area (Å²) in [6, 6.07) is 10.4. The number of benzene rings is 1. The van der Waals surface area contributed by atoms with Gasteiger partial charge in [-0.1, -0.05) is 32.0 Å². The van der Waals surface area contributed by atoms with Crippen molar-refractivity contribution in [1.29, 1.82) is 0 Å². The molecule has 2 heterocycles. The van der Waals surface area contributed by atoms with Crippen LogP contribution in [0.1, 0.15) is 36.7 Å². The predicted molar refractivity (Wildman–Crippen MR) is 68.8 cm³/mol. The number of hydrogen-bond acceptors (Lipinski definition) is 1. The van der Waals surface area contributed by atoms with Gasteiger partial charge in [0.25, 0.3) is 0 Å². The fraction of sp³-hybridized carbons (Fsp3) is 0.333. The zero-order valence-corrected chi connectivity index (χ0v) is 10.3. The van der Waals surface area contributed by atoms with Crippen molar-refractivity contribution in [1.82, 2.24) is 4.98 Å². The van der Waals surface area contributed by atoms with E-state index in [0.717, 1.165) is 24.3 Å². The Balaban J connectivity index is 2.01. The second-order valence-electron chi connectivity index (χ2n) is 4.93. The van der Waals surface area contributed by atoms with Crippen molar-refractivity contribution >= 4 is 0 Å². The van der Waals surface area contributed by atoms with Crippen LogP contribution in [0.3, 0.4) is 0 Å². The number of hydrogen-bond donors (Lipinski definition) is 1. The molecule has 0 unspecified atom stereocenters. The number of aromatic nitrogens is 1. The number of ether oxygens (including phenoxy) is 1. The van der Waals surface area contributed by atoms with E-state index < -0.39 is 0 Å². The molecule has 1 aliphatic heterocycles. The molecule has 0 spiro atoms. The minimum absolute atomic E-state index is 0.515. The maximum Gasteiger partial charge on any atom is 0.148 e. The second kappa shape index (κ2) is 3.95. The lowest BCUT2D eigenvalue weighted by Crippen LogP contribution is -1.92. The van der Waals surface area contributed by atoms with Gasteiger partial charge in [0.05, 0.1) is 5.69 Å². The Hall–Kier alpha value is -1.70. The zero-order valence-electron chi connectivity index (χ0n) is 10.3. The van der Waals surface area contributed by atoms with Crippen LogP contribution in [-0.4, -0.2) is 4.98 Å². The third kappa shape index (κ3) is 1.84. The first-order valence-electron chi connectivity index (χ1n) is 6.21. The van der Waals surface area contributed by atoms with Gasteiger partial charge in [0.15, 0.2) is 0 Å². The van der Waals surface area contributed by atoms with Crippen molar-refractivity contribution in [2.45, 2.75) is 32.6 Å². The van der Waals surface area contributed by atoms with Gasteiger partial charge in [0.1, 0.15) is 11.5 Å². The molecule has 17 heavy (non-hydrogen) atoms. The van der Waals surface area contributed by atoms with E-state index in [1.807, 2.05) is 12.1 Å². The summed E-state index contributed by atoms with van der Waals surface area (Å²) in [6.07, 6.45) is 2.07. The molecule has 0 saturated heterocycles. The molecular formula is C15H17NO. The number of nitrogens with one attached hydrogen (secondary N) is 1. The molecule has 0 amide bonds. The average molecular weight is 227 g/mol. The summed E-state index contributed by atoms with van der Waals surface area (Å²) in [5.74, 6) is 2.51. The Morgan fingerprint density at radius 3 is 2.76 bits per heavy atom. The first kappa shape index (κ1) is 10.5. The number of rotatable bonds is 1. The van der Waals surface area contributed by atoms with E-state index in [-0.39, 0.29) is 0 Å². The van der Waals surface area contributed by atoms with E-state index in [1.54, 1.807) is 0 Å².